The number of carbonyl (C=O) groups excluding carboxylic acids is 2. The molecular formula is C19H24N2O4. The van der Waals surface area contributed by atoms with Gasteiger partial charge >= 0.3 is 5.97 Å². The van der Waals surface area contributed by atoms with E-state index in [1.165, 1.54) is 11.8 Å². The Hall–Kier alpha value is -2.37. The number of amides is 2. The maximum atomic E-state index is 12.9. The Balaban J connectivity index is 1.81. The van der Waals surface area contributed by atoms with Gasteiger partial charge < -0.3 is 14.9 Å². The highest BCUT2D eigenvalue weighted by molar-refractivity contribution is 6.10. The third-order valence-corrected chi connectivity index (χ3v) is 4.99. The molecule has 1 aliphatic carbocycles. The number of hydrogen-bond acceptors (Lipinski definition) is 3. The van der Waals surface area contributed by atoms with Crippen molar-refractivity contribution in [2.75, 3.05) is 11.4 Å². The number of carbonyl (C=O) groups is 3. The fourth-order valence-corrected chi connectivity index (χ4v) is 3.61. The van der Waals surface area contributed by atoms with Crippen LogP contribution < -0.4 is 4.90 Å². The van der Waals surface area contributed by atoms with Crippen molar-refractivity contribution < 1.29 is 19.5 Å². The minimum atomic E-state index is -1.03. The molecule has 2 amide bonds. The SMILES string of the molecule is Cc1cc(C)cc(N2CCC(C(=O)N(C3CC3)C(C)C(=O)O)C2=O)c1. The van der Waals surface area contributed by atoms with Crippen LogP contribution >= 0.6 is 0 Å². The Bertz CT molecular complexity index is 706. The van der Waals surface area contributed by atoms with Crippen LogP contribution in [0.3, 0.4) is 0 Å². The molecule has 2 atom stereocenters. The zero-order chi connectivity index (χ0) is 18.3. The molecule has 2 aliphatic rings. The number of aliphatic carboxylic acids is 1. The first kappa shape index (κ1) is 17.5. The lowest BCUT2D eigenvalue weighted by Gasteiger charge is -2.28. The zero-order valence-corrected chi connectivity index (χ0v) is 14.9. The van der Waals surface area contributed by atoms with Gasteiger partial charge in [-0.2, -0.15) is 0 Å². The molecule has 1 aliphatic heterocycles. The quantitative estimate of drug-likeness (QED) is 0.830. The minimum Gasteiger partial charge on any atom is -0.480 e. The number of anilines is 1. The minimum absolute atomic E-state index is 0.0401. The van der Waals surface area contributed by atoms with Crippen molar-refractivity contribution >= 4 is 23.5 Å². The van der Waals surface area contributed by atoms with Crippen LogP contribution in [0.25, 0.3) is 0 Å². The molecule has 1 aromatic rings. The van der Waals surface area contributed by atoms with Gasteiger partial charge in [-0.05, 0) is 63.3 Å². The van der Waals surface area contributed by atoms with E-state index in [-0.39, 0.29) is 17.9 Å². The molecule has 6 nitrogen and oxygen atoms in total. The summed E-state index contributed by atoms with van der Waals surface area (Å²) in [6, 6.07) is 4.98. The summed E-state index contributed by atoms with van der Waals surface area (Å²) in [4.78, 5) is 40.2. The van der Waals surface area contributed by atoms with E-state index < -0.39 is 17.9 Å². The van der Waals surface area contributed by atoms with Gasteiger partial charge in [-0.15, -0.1) is 0 Å². The molecule has 2 fully saturated rings. The van der Waals surface area contributed by atoms with Gasteiger partial charge in [0.05, 0.1) is 0 Å². The molecule has 1 saturated carbocycles. The van der Waals surface area contributed by atoms with E-state index in [0.717, 1.165) is 29.7 Å². The van der Waals surface area contributed by atoms with Gasteiger partial charge in [-0.25, -0.2) is 4.79 Å². The summed E-state index contributed by atoms with van der Waals surface area (Å²) in [7, 11) is 0. The third kappa shape index (κ3) is 3.38. The molecular weight excluding hydrogens is 320 g/mol. The maximum Gasteiger partial charge on any atom is 0.326 e. The van der Waals surface area contributed by atoms with Crippen molar-refractivity contribution in [3.8, 4) is 0 Å². The van der Waals surface area contributed by atoms with Crippen molar-refractivity contribution in [3.05, 3.63) is 29.3 Å². The molecule has 25 heavy (non-hydrogen) atoms. The van der Waals surface area contributed by atoms with Crippen LogP contribution in [-0.4, -0.2) is 46.4 Å². The Kier molecular flexibility index (Phi) is 4.54. The number of carboxylic acids is 1. The van der Waals surface area contributed by atoms with Crippen LogP contribution in [-0.2, 0) is 14.4 Å². The molecule has 3 rings (SSSR count). The van der Waals surface area contributed by atoms with E-state index in [9.17, 15) is 19.5 Å². The van der Waals surface area contributed by atoms with Crippen LogP contribution in [0.1, 0.15) is 37.3 Å². The lowest BCUT2D eigenvalue weighted by Crippen LogP contribution is -2.48. The predicted octanol–water partition coefficient (Wildman–Crippen LogP) is 2.12. The van der Waals surface area contributed by atoms with Crippen molar-refractivity contribution in [1.82, 2.24) is 4.90 Å². The normalized spacial score (nSPS) is 21.3. The van der Waals surface area contributed by atoms with Gasteiger partial charge in [0, 0.05) is 18.3 Å². The first-order valence-electron chi connectivity index (χ1n) is 8.74. The summed E-state index contributed by atoms with van der Waals surface area (Å²) in [5.74, 6) is -2.37. The highest BCUT2D eigenvalue weighted by atomic mass is 16.4. The van der Waals surface area contributed by atoms with Crippen LogP contribution in [0.2, 0.25) is 0 Å². The number of carboxylic acid groups (broad SMARTS) is 1. The second kappa shape index (κ2) is 6.50. The topological polar surface area (TPSA) is 77.9 Å². The van der Waals surface area contributed by atoms with E-state index >= 15 is 0 Å². The van der Waals surface area contributed by atoms with E-state index in [0.29, 0.717) is 13.0 Å². The smallest absolute Gasteiger partial charge is 0.326 e. The highest BCUT2D eigenvalue weighted by Gasteiger charge is 2.46. The standard InChI is InChI=1S/C19H24N2O4/c1-11-8-12(2)10-15(9-11)20-7-6-16(17(20)22)18(23)21(14-4-5-14)13(3)19(24)25/h8-10,13-14,16H,4-7H2,1-3H3,(H,24,25). The third-order valence-electron chi connectivity index (χ3n) is 4.99. The number of hydrogen-bond donors (Lipinski definition) is 1. The Morgan fingerprint density at radius 2 is 1.76 bits per heavy atom. The molecule has 1 N–H and O–H groups in total. The number of benzene rings is 1. The van der Waals surface area contributed by atoms with Gasteiger partial charge in [0.2, 0.25) is 11.8 Å². The zero-order valence-electron chi connectivity index (χ0n) is 14.9. The molecule has 0 radical (unpaired) electrons. The van der Waals surface area contributed by atoms with Crippen molar-refractivity contribution in [2.24, 2.45) is 5.92 Å². The number of aryl methyl sites for hydroxylation is 2. The number of rotatable bonds is 5. The van der Waals surface area contributed by atoms with Crippen LogP contribution in [0, 0.1) is 19.8 Å². The van der Waals surface area contributed by atoms with Crippen molar-refractivity contribution in [2.45, 2.75) is 52.1 Å². The van der Waals surface area contributed by atoms with E-state index in [1.807, 2.05) is 32.0 Å². The summed E-state index contributed by atoms with van der Waals surface area (Å²) < 4.78 is 0. The summed E-state index contributed by atoms with van der Waals surface area (Å²) in [6.07, 6.45) is 2.05. The average Bonchev–Trinajstić information content (AvgIpc) is 3.27. The summed E-state index contributed by atoms with van der Waals surface area (Å²) in [5, 5.41) is 9.29. The molecule has 1 aromatic carbocycles. The van der Waals surface area contributed by atoms with Crippen molar-refractivity contribution in [1.29, 1.82) is 0 Å². The number of nitrogens with zero attached hydrogens (tertiary/aromatic N) is 2. The summed E-state index contributed by atoms with van der Waals surface area (Å²) >= 11 is 0. The van der Waals surface area contributed by atoms with Crippen LogP contribution in [0.5, 0.6) is 0 Å². The van der Waals surface area contributed by atoms with E-state index in [1.54, 1.807) is 4.90 Å². The van der Waals surface area contributed by atoms with E-state index in [2.05, 4.69) is 0 Å². The largest absolute Gasteiger partial charge is 0.480 e. The molecule has 0 bridgehead atoms. The highest BCUT2D eigenvalue weighted by Crippen LogP contribution is 2.34. The monoisotopic (exact) mass is 344 g/mol. The van der Waals surface area contributed by atoms with Gasteiger partial charge in [0.25, 0.3) is 0 Å². The van der Waals surface area contributed by atoms with Gasteiger partial charge in [-0.3, -0.25) is 9.59 Å². The van der Waals surface area contributed by atoms with Crippen LogP contribution in [0.15, 0.2) is 18.2 Å². The fraction of sp³-hybridized carbons (Fsp3) is 0.526. The molecule has 1 saturated heterocycles. The first-order chi connectivity index (χ1) is 11.8. The van der Waals surface area contributed by atoms with Crippen LogP contribution in [0.4, 0.5) is 5.69 Å². The second-order valence-electron chi connectivity index (χ2n) is 7.17. The Morgan fingerprint density at radius 1 is 1.16 bits per heavy atom. The fourth-order valence-electron chi connectivity index (χ4n) is 3.61. The molecule has 0 spiro atoms. The Morgan fingerprint density at radius 3 is 2.28 bits per heavy atom. The maximum absolute atomic E-state index is 12.9. The second-order valence-corrected chi connectivity index (χ2v) is 7.17. The lowest BCUT2D eigenvalue weighted by molar-refractivity contribution is -0.153. The van der Waals surface area contributed by atoms with Gasteiger partial charge in [0.15, 0.2) is 0 Å². The Labute approximate surface area is 147 Å². The summed E-state index contributed by atoms with van der Waals surface area (Å²) in [5.41, 5.74) is 2.94. The predicted molar refractivity (Wildman–Crippen MR) is 93.3 cm³/mol. The molecule has 134 valence electrons. The van der Waals surface area contributed by atoms with E-state index in [4.69, 9.17) is 0 Å². The van der Waals surface area contributed by atoms with Gasteiger partial charge in [-0.1, -0.05) is 6.07 Å². The van der Waals surface area contributed by atoms with Gasteiger partial charge in [0.1, 0.15) is 12.0 Å². The van der Waals surface area contributed by atoms with Crippen molar-refractivity contribution in [3.63, 3.8) is 0 Å². The molecule has 0 aromatic heterocycles. The molecule has 2 unspecified atom stereocenters. The average molecular weight is 344 g/mol. The first-order valence-corrected chi connectivity index (χ1v) is 8.74. The summed E-state index contributed by atoms with van der Waals surface area (Å²) in [6.45, 7) is 5.95. The molecule has 6 heteroatoms. The molecule has 1 heterocycles. The lowest BCUT2D eigenvalue weighted by atomic mass is 10.0.